The monoisotopic (exact) mass is 537 g/mol. The number of epoxide rings is 1. The van der Waals surface area contributed by atoms with Gasteiger partial charge in [-0.05, 0) is 19.3 Å². The van der Waals surface area contributed by atoms with Crippen LogP contribution in [0.5, 0.6) is 0 Å². The van der Waals surface area contributed by atoms with E-state index in [0.29, 0.717) is 23.2 Å². The van der Waals surface area contributed by atoms with Crippen molar-refractivity contribution < 1.29 is 42.4 Å². The Labute approximate surface area is 219 Å². The molecule has 1 saturated heterocycles. The molecule has 214 valence electrons. The largest absolute Gasteiger partial charge is 0.756 e. The number of aliphatic hydroxyl groups is 1. The van der Waals surface area contributed by atoms with Gasteiger partial charge in [-0.3, -0.25) is 9.36 Å². The molecule has 1 rings (SSSR count). The summed E-state index contributed by atoms with van der Waals surface area (Å²) in [6, 6.07) is 0. The van der Waals surface area contributed by atoms with Gasteiger partial charge in [-0.15, -0.1) is 0 Å². The number of aliphatic hydroxyl groups excluding tert-OH is 1. The van der Waals surface area contributed by atoms with Gasteiger partial charge in [0.2, 0.25) is 0 Å². The lowest BCUT2D eigenvalue weighted by Gasteiger charge is -2.27. The van der Waals surface area contributed by atoms with E-state index >= 15 is 0 Å². The van der Waals surface area contributed by atoms with Gasteiger partial charge in [0.05, 0.1) is 40.0 Å². The van der Waals surface area contributed by atoms with Gasteiger partial charge in [-0.25, -0.2) is 0 Å². The van der Waals surface area contributed by atoms with Crippen molar-refractivity contribution in [3.05, 3.63) is 0 Å². The first kappa shape index (κ1) is 33.5. The first-order valence-electron chi connectivity index (χ1n) is 13.9. The maximum absolute atomic E-state index is 11.8. The van der Waals surface area contributed by atoms with Crippen molar-refractivity contribution in [2.75, 3.05) is 47.5 Å². The number of hydrogen-bond donors (Lipinski definition) is 1. The fraction of sp³-hybridized carbons (Fsp3) is 0.962. The summed E-state index contributed by atoms with van der Waals surface area (Å²) in [5, 5.41) is 9.81. The standard InChI is InChI=1S/C26H52NO8P/c1-5-6-7-8-10-13-16-24-25(35-24)17-14-11-9-12-15-18-26(29)32-21-23(28)22-34-36(30,31)33-20-19-27(2,3)4/h23-25,28H,5-22H2,1-4H3/t23-,24+,25-/m1/s1. The number of ether oxygens (including phenoxy) is 2. The second-order valence-electron chi connectivity index (χ2n) is 11.0. The molecule has 0 spiro atoms. The molecule has 0 radical (unpaired) electrons. The molecule has 1 aliphatic rings. The molecule has 0 aromatic rings. The van der Waals surface area contributed by atoms with E-state index in [2.05, 4.69) is 11.4 Å². The quantitative estimate of drug-likeness (QED) is 0.0635. The third kappa shape index (κ3) is 19.6. The number of phosphoric acid groups is 1. The van der Waals surface area contributed by atoms with Crippen molar-refractivity contribution in [1.29, 1.82) is 0 Å². The Hall–Kier alpha value is -0.540. The van der Waals surface area contributed by atoms with Crippen LogP contribution in [0.2, 0.25) is 0 Å². The minimum atomic E-state index is -4.50. The zero-order valence-corrected chi connectivity index (χ0v) is 24.1. The van der Waals surface area contributed by atoms with E-state index in [1.165, 1.54) is 44.9 Å². The Balaban J connectivity index is 1.92. The van der Waals surface area contributed by atoms with Gasteiger partial charge in [0, 0.05) is 6.42 Å². The predicted molar refractivity (Wildman–Crippen MR) is 138 cm³/mol. The molecule has 1 aliphatic heterocycles. The summed E-state index contributed by atoms with van der Waals surface area (Å²) in [4.78, 5) is 23.5. The third-order valence-electron chi connectivity index (χ3n) is 6.27. The van der Waals surface area contributed by atoms with Crippen LogP contribution < -0.4 is 4.89 Å². The molecular formula is C26H52NO8P. The number of carbonyl (C=O) groups is 1. The van der Waals surface area contributed by atoms with Crippen LogP contribution in [0, 0.1) is 0 Å². The summed E-state index contributed by atoms with van der Waals surface area (Å²) < 4.78 is 32.5. The number of rotatable bonds is 24. The Kier molecular flexibility index (Phi) is 17.4. The highest BCUT2D eigenvalue weighted by molar-refractivity contribution is 7.45. The van der Waals surface area contributed by atoms with Crippen LogP contribution in [0.4, 0.5) is 0 Å². The molecule has 10 heteroatoms. The van der Waals surface area contributed by atoms with Gasteiger partial charge in [0.25, 0.3) is 7.82 Å². The molecule has 1 heterocycles. The molecule has 1 N–H and O–H groups in total. The molecular weight excluding hydrogens is 485 g/mol. The molecule has 0 saturated carbocycles. The number of carbonyl (C=O) groups excluding carboxylic acids is 1. The molecule has 0 aromatic heterocycles. The minimum Gasteiger partial charge on any atom is -0.756 e. The van der Waals surface area contributed by atoms with E-state index in [-0.39, 0.29) is 19.6 Å². The summed E-state index contributed by atoms with van der Waals surface area (Å²) >= 11 is 0. The number of likely N-dealkylation sites (N-methyl/N-ethyl adjacent to an activating group) is 1. The SMILES string of the molecule is CCCCCCCC[C@@H]1O[C@@H]1CCCCCCCC(=O)OC[C@@H](O)COP(=O)([O-])OCC[N+](C)(C)C. The lowest BCUT2D eigenvalue weighted by atomic mass is 10.0. The number of esters is 1. The Morgan fingerprint density at radius 2 is 1.47 bits per heavy atom. The fourth-order valence-corrected chi connectivity index (χ4v) is 4.64. The first-order valence-corrected chi connectivity index (χ1v) is 15.4. The van der Waals surface area contributed by atoms with Crippen LogP contribution in [-0.4, -0.2) is 81.4 Å². The van der Waals surface area contributed by atoms with Crippen LogP contribution in [0.15, 0.2) is 0 Å². The molecule has 0 amide bonds. The highest BCUT2D eigenvalue weighted by atomic mass is 31.2. The van der Waals surface area contributed by atoms with Gasteiger partial charge in [-0.1, -0.05) is 71.1 Å². The molecule has 0 aromatic carbocycles. The van der Waals surface area contributed by atoms with Crippen molar-refractivity contribution in [3.8, 4) is 0 Å². The molecule has 4 atom stereocenters. The topological polar surface area (TPSA) is 118 Å². The third-order valence-corrected chi connectivity index (χ3v) is 7.24. The Bertz CT molecular complexity index is 628. The van der Waals surface area contributed by atoms with E-state index < -0.39 is 26.5 Å². The van der Waals surface area contributed by atoms with E-state index in [1.54, 1.807) is 0 Å². The summed E-state index contributed by atoms with van der Waals surface area (Å²) in [7, 11) is 1.24. The van der Waals surface area contributed by atoms with Gasteiger partial charge < -0.3 is 33.0 Å². The van der Waals surface area contributed by atoms with Crippen molar-refractivity contribution in [3.63, 3.8) is 0 Å². The predicted octanol–water partition coefficient (Wildman–Crippen LogP) is 4.35. The maximum Gasteiger partial charge on any atom is 0.305 e. The number of quaternary nitrogens is 1. The van der Waals surface area contributed by atoms with Crippen molar-refractivity contribution in [2.45, 2.75) is 115 Å². The van der Waals surface area contributed by atoms with Crippen molar-refractivity contribution in [2.24, 2.45) is 0 Å². The van der Waals surface area contributed by atoms with Crippen LogP contribution >= 0.6 is 7.82 Å². The maximum atomic E-state index is 11.8. The molecule has 1 unspecified atom stereocenters. The van der Waals surface area contributed by atoms with E-state index in [4.69, 9.17) is 14.0 Å². The van der Waals surface area contributed by atoms with Gasteiger partial charge in [0.15, 0.2) is 0 Å². The second-order valence-corrected chi connectivity index (χ2v) is 12.4. The highest BCUT2D eigenvalue weighted by Crippen LogP contribution is 2.38. The average Bonchev–Trinajstić information content (AvgIpc) is 3.55. The number of phosphoric ester groups is 1. The zero-order valence-electron chi connectivity index (χ0n) is 23.2. The summed E-state index contributed by atoms with van der Waals surface area (Å²) in [5.41, 5.74) is 0. The number of hydrogen-bond acceptors (Lipinski definition) is 8. The number of nitrogens with zero attached hydrogens (tertiary/aromatic N) is 1. The summed E-state index contributed by atoms with van der Waals surface area (Å²) in [5.74, 6) is -0.400. The smallest absolute Gasteiger partial charge is 0.305 e. The highest BCUT2D eigenvalue weighted by Gasteiger charge is 2.36. The van der Waals surface area contributed by atoms with Crippen LogP contribution in [0.1, 0.15) is 96.8 Å². The molecule has 36 heavy (non-hydrogen) atoms. The number of unbranched alkanes of at least 4 members (excludes halogenated alkanes) is 9. The normalized spacial score (nSPS) is 20.2. The molecule has 1 fully saturated rings. The van der Waals surface area contributed by atoms with Crippen LogP contribution in [0.3, 0.4) is 0 Å². The Morgan fingerprint density at radius 1 is 0.917 bits per heavy atom. The lowest BCUT2D eigenvalue weighted by molar-refractivity contribution is -0.870. The lowest BCUT2D eigenvalue weighted by Crippen LogP contribution is -2.37. The Morgan fingerprint density at radius 3 is 2.06 bits per heavy atom. The van der Waals surface area contributed by atoms with Gasteiger partial charge in [-0.2, -0.15) is 0 Å². The first-order chi connectivity index (χ1) is 17.0. The second kappa shape index (κ2) is 18.7. The van der Waals surface area contributed by atoms with Gasteiger partial charge in [0.1, 0.15) is 25.9 Å². The van der Waals surface area contributed by atoms with Crippen molar-refractivity contribution >= 4 is 13.8 Å². The van der Waals surface area contributed by atoms with E-state index in [9.17, 15) is 19.4 Å². The minimum absolute atomic E-state index is 0.0104. The van der Waals surface area contributed by atoms with E-state index in [1.807, 2.05) is 21.1 Å². The van der Waals surface area contributed by atoms with Gasteiger partial charge >= 0.3 is 5.97 Å². The summed E-state index contributed by atoms with van der Waals surface area (Å²) in [6.07, 6.45) is 15.4. The molecule has 0 aliphatic carbocycles. The molecule has 0 bridgehead atoms. The molecule has 9 nitrogen and oxygen atoms in total. The summed E-state index contributed by atoms with van der Waals surface area (Å²) in [6.45, 7) is 1.91. The average molecular weight is 538 g/mol. The fourth-order valence-electron chi connectivity index (χ4n) is 3.91. The zero-order chi connectivity index (χ0) is 26.9. The van der Waals surface area contributed by atoms with Crippen LogP contribution in [0.25, 0.3) is 0 Å². The van der Waals surface area contributed by atoms with Crippen LogP contribution in [-0.2, 0) is 27.9 Å². The van der Waals surface area contributed by atoms with E-state index in [0.717, 1.165) is 38.5 Å². The van der Waals surface area contributed by atoms with Crippen molar-refractivity contribution in [1.82, 2.24) is 0 Å².